The number of halogens is 2. The van der Waals surface area contributed by atoms with Crippen LogP contribution in [0.2, 0.25) is 0 Å². The summed E-state index contributed by atoms with van der Waals surface area (Å²) >= 11 is 0. The summed E-state index contributed by atoms with van der Waals surface area (Å²) in [4.78, 5) is 17.5. The van der Waals surface area contributed by atoms with Crippen LogP contribution in [0.15, 0.2) is 60.8 Å². The quantitative estimate of drug-likeness (QED) is 0.330. The molecule has 0 saturated carbocycles. The number of carbonyl (C=O) groups excluding carboxylic acids is 1. The molecule has 1 aliphatic rings. The van der Waals surface area contributed by atoms with Gasteiger partial charge in [-0.25, -0.2) is 18.4 Å². The zero-order valence-electron chi connectivity index (χ0n) is 21.5. The van der Waals surface area contributed by atoms with E-state index in [-0.39, 0.29) is 6.54 Å². The van der Waals surface area contributed by atoms with E-state index in [1.54, 1.807) is 31.5 Å². The van der Waals surface area contributed by atoms with E-state index in [4.69, 9.17) is 16.0 Å². The number of hydrogen-bond acceptors (Lipinski definition) is 3. The van der Waals surface area contributed by atoms with Crippen LogP contribution in [0.3, 0.4) is 0 Å². The highest BCUT2D eigenvalue weighted by molar-refractivity contribution is 5.81. The van der Waals surface area contributed by atoms with Crippen molar-refractivity contribution in [1.82, 2.24) is 9.47 Å². The van der Waals surface area contributed by atoms with E-state index < -0.39 is 36.6 Å². The second-order valence-corrected chi connectivity index (χ2v) is 10.2. The van der Waals surface area contributed by atoms with Gasteiger partial charge in [-0.05, 0) is 57.0 Å². The van der Waals surface area contributed by atoms with Crippen molar-refractivity contribution in [1.29, 1.82) is 0 Å². The minimum Gasteiger partial charge on any atom is -0.457 e. The molecule has 1 unspecified atom stereocenters. The van der Waals surface area contributed by atoms with Gasteiger partial charge < -0.3 is 18.9 Å². The summed E-state index contributed by atoms with van der Waals surface area (Å²) in [5, 5.41) is 0. The molecule has 0 bridgehead atoms. The number of benzene rings is 2. The molecular weight excluding hydrogens is 476 g/mol. The highest BCUT2D eigenvalue weighted by atomic mass is 19.3. The van der Waals surface area contributed by atoms with Crippen LogP contribution < -0.4 is 4.74 Å². The van der Waals surface area contributed by atoms with Crippen molar-refractivity contribution in [3.63, 3.8) is 0 Å². The van der Waals surface area contributed by atoms with Crippen LogP contribution in [-0.4, -0.2) is 40.2 Å². The predicted molar refractivity (Wildman–Crippen MR) is 138 cm³/mol. The molecule has 3 aromatic rings. The molecule has 1 saturated heterocycles. The van der Waals surface area contributed by atoms with Gasteiger partial charge in [-0.3, -0.25) is 0 Å². The molecule has 0 N–H and O–H groups in total. The molecule has 194 valence electrons. The van der Waals surface area contributed by atoms with Gasteiger partial charge in [0.15, 0.2) is 0 Å². The molecule has 2 aromatic carbocycles. The van der Waals surface area contributed by atoms with Gasteiger partial charge in [0.25, 0.3) is 5.92 Å². The lowest BCUT2D eigenvalue weighted by molar-refractivity contribution is -0.0839. The van der Waals surface area contributed by atoms with Gasteiger partial charge in [-0.1, -0.05) is 37.3 Å². The Balaban J connectivity index is 1.65. The first-order valence-corrected chi connectivity index (χ1v) is 12.3. The molecule has 1 fully saturated rings. The van der Waals surface area contributed by atoms with E-state index in [1.807, 2.05) is 61.5 Å². The maximum absolute atomic E-state index is 14.8. The van der Waals surface area contributed by atoms with E-state index in [0.717, 1.165) is 10.5 Å². The van der Waals surface area contributed by atoms with Crippen molar-refractivity contribution >= 4 is 11.8 Å². The molecule has 1 atom stereocenters. The minimum atomic E-state index is -3.08. The highest BCUT2D eigenvalue weighted by Crippen LogP contribution is 2.42. The molecule has 6 nitrogen and oxygen atoms in total. The van der Waals surface area contributed by atoms with Gasteiger partial charge in [-0.15, -0.1) is 0 Å². The number of alkyl halides is 2. The first kappa shape index (κ1) is 26.2. The smallest absolute Gasteiger partial charge is 0.410 e. The normalized spacial score (nSPS) is 17.2. The molecule has 4 rings (SSSR count). The summed E-state index contributed by atoms with van der Waals surface area (Å²) < 4.78 is 42.6. The number of aromatic nitrogens is 1. The highest BCUT2D eigenvalue weighted by Gasteiger charge is 2.44. The van der Waals surface area contributed by atoms with E-state index >= 15 is 0 Å². The first-order valence-electron chi connectivity index (χ1n) is 12.3. The van der Waals surface area contributed by atoms with Crippen molar-refractivity contribution in [2.45, 2.75) is 58.1 Å². The molecule has 0 radical (unpaired) electrons. The molecular formula is C29H31F2N3O3. The van der Waals surface area contributed by atoms with Crippen LogP contribution in [0, 0.1) is 6.57 Å². The van der Waals surface area contributed by atoms with Crippen LogP contribution in [-0.2, 0) is 11.2 Å². The van der Waals surface area contributed by atoms with Gasteiger partial charge in [-0.2, -0.15) is 0 Å². The van der Waals surface area contributed by atoms with Crippen LogP contribution in [0.1, 0.15) is 45.9 Å². The summed E-state index contributed by atoms with van der Waals surface area (Å²) in [6.07, 6.45) is 1.07. The molecule has 37 heavy (non-hydrogen) atoms. The molecule has 1 aromatic heterocycles. The van der Waals surface area contributed by atoms with E-state index in [0.29, 0.717) is 34.9 Å². The summed E-state index contributed by atoms with van der Waals surface area (Å²) in [6, 6.07) is 16.1. The minimum absolute atomic E-state index is 0.0763. The molecule has 0 aliphatic carbocycles. The zero-order valence-corrected chi connectivity index (χ0v) is 21.5. The second-order valence-electron chi connectivity index (χ2n) is 10.2. The number of para-hydroxylation sites is 1. The van der Waals surface area contributed by atoms with Crippen molar-refractivity contribution in [2.24, 2.45) is 0 Å². The van der Waals surface area contributed by atoms with Gasteiger partial charge in [0, 0.05) is 30.4 Å². The monoisotopic (exact) mass is 507 g/mol. The number of rotatable bonds is 5. The van der Waals surface area contributed by atoms with Crippen molar-refractivity contribution in [3.8, 4) is 22.6 Å². The topological polar surface area (TPSA) is 48.1 Å². The predicted octanol–water partition coefficient (Wildman–Crippen LogP) is 7.88. The Morgan fingerprint density at radius 1 is 1.11 bits per heavy atom. The van der Waals surface area contributed by atoms with Crippen molar-refractivity contribution in [3.05, 3.63) is 77.9 Å². The summed E-state index contributed by atoms with van der Waals surface area (Å²) in [7, 11) is 0. The van der Waals surface area contributed by atoms with E-state index in [1.165, 1.54) is 0 Å². The number of carbonyl (C=O) groups is 1. The average molecular weight is 508 g/mol. The van der Waals surface area contributed by atoms with Crippen LogP contribution in [0.25, 0.3) is 16.0 Å². The summed E-state index contributed by atoms with van der Waals surface area (Å²) in [5.74, 6) is -1.72. The van der Waals surface area contributed by atoms with Gasteiger partial charge in [0.2, 0.25) is 5.69 Å². The van der Waals surface area contributed by atoms with Crippen LogP contribution >= 0.6 is 0 Å². The lowest BCUT2D eigenvalue weighted by Gasteiger charge is -2.39. The van der Waals surface area contributed by atoms with Gasteiger partial charge >= 0.3 is 6.09 Å². The average Bonchev–Trinajstić information content (AvgIpc) is 3.22. The van der Waals surface area contributed by atoms with E-state index in [9.17, 15) is 13.6 Å². The number of ether oxygens (including phenoxy) is 2. The lowest BCUT2D eigenvalue weighted by atomic mass is 10.0. The van der Waals surface area contributed by atoms with Gasteiger partial charge in [0.1, 0.15) is 17.1 Å². The number of piperidine rings is 1. The van der Waals surface area contributed by atoms with Gasteiger partial charge in [0.05, 0.1) is 19.2 Å². The maximum Gasteiger partial charge on any atom is 0.410 e. The van der Waals surface area contributed by atoms with Crippen LogP contribution in [0.4, 0.5) is 19.3 Å². The van der Waals surface area contributed by atoms with Crippen molar-refractivity contribution in [2.75, 3.05) is 13.1 Å². The Morgan fingerprint density at radius 2 is 1.76 bits per heavy atom. The summed E-state index contributed by atoms with van der Waals surface area (Å²) in [6.45, 7) is 14.2. The SMILES string of the molecule is [C-]#[N+]c1c(-c2ccc(Oc3ccccc3)cc2)cn(C2CN(C(=O)OC(C)(C)C)CC(F)(F)C2)c1CC. The molecule has 8 heteroatoms. The third-order valence-corrected chi connectivity index (χ3v) is 6.13. The van der Waals surface area contributed by atoms with E-state index in [2.05, 4.69) is 4.85 Å². The molecule has 2 heterocycles. The Hall–Kier alpha value is -3.86. The molecule has 1 amide bonds. The molecule has 1 aliphatic heterocycles. The number of amides is 1. The summed E-state index contributed by atoms with van der Waals surface area (Å²) in [5.41, 5.74) is 1.75. The van der Waals surface area contributed by atoms with Crippen LogP contribution in [0.5, 0.6) is 11.5 Å². The Bertz CT molecular complexity index is 1290. The first-order chi connectivity index (χ1) is 17.5. The molecule has 0 spiro atoms. The fourth-order valence-electron chi connectivity index (χ4n) is 4.62. The fraction of sp³-hybridized carbons (Fsp3) is 0.379. The lowest BCUT2D eigenvalue weighted by Crippen LogP contribution is -2.51. The number of nitrogens with zero attached hydrogens (tertiary/aromatic N) is 3. The third kappa shape index (κ3) is 6.11. The standard InChI is InChI=1S/C29H31F2N3O3/c1-6-25-26(32-5)24(20-12-14-23(15-13-20)36-22-10-8-7-9-11-22)18-34(25)21-16-29(30,31)19-33(17-21)27(35)37-28(2,3)4/h7-15,18,21H,6,16-17,19H2,1-4H3. The Labute approximate surface area is 216 Å². The zero-order chi connectivity index (χ0) is 26.8. The largest absolute Gasteiger partial charge is 0.457 e. The number of hydrogen-bond donors (Lipinski definition) is 0. The van der Waals surface area contributed by atoms with Crippen molar-refractivity contribution < 1.29 is 23.0 Å². The number of likely N-dealkylation sites (tertiary alicyclic amines) is 1. The second kappa shape index (κ2) is 10.3. The Kier molecular flexibility index (Phi) is 7.26. The third-order valence-electron chi connectivity index (χ3n) is 6.13. The fourth-order valence-corrected chi connectivity index (χ4v) is 4.62. The maximum atomic E-state index is 14.8. The Morgan fingerprint density at radius 3 is 2.35 bits per heavy atom.